The molecule has 1 N–H and O–H groups in total. The number of rotatable bonds is 1. The Hall–Kier alpha value is -2.59. The molecule has 0 aliphatic carbocycles. The SMILES string of the molecule is CC(C)(C)OC(=O)N1CC[C@@H](N=C(NC(=O)C(F)(F)F)n2cccn2)C1. The van der Waals surface area contributed by atoms with Crippen LogP contribution >= 0.6 is 0 Å². The van der Waals surface area contributed by atoms with Gasteiger partial charge in [0, 0.05) is 25.5 Å². The van der Waals surface area contributed by atoms with Crippen LogP contribution in [0.2, 0.25) is 0 Å². The van der Waals surface area contributed by atoms with Crippen LogP contribution in [-0.2, 0) is 9.53 Å². The van der Waals surface area contributed by atoms with Gasteiger partial charge in [-0.25, -0.2) is 14.5 Å². The Bertz CT molecular complexity index is 680. The number of carbonyl (C=O) groups excluding carboxylic acids is 2. The average molecular weight is 375 g/mol. The fourth-order valence-electron chi connectivity index (χ4n) is 2.23. The first kappa shape index (κ1) is 19.7. The zero-order valence-electron chi connectivity index (χ0n) is 14.6. The van der Waals surface area contributed by atoms with E-state index in [1.54, 1.807) is 26.1 Å². The number of halogens is 3. The molecule has 1 atom stereocenters. The van der Waals surface area contributed by atoms with Crippen LogP contribution in [0.15, 0.2) is 23.5 Å². The third-order valence-electron chi connectivity index (χ3n) is 3.32. The molecule has 2 rings (SSSR count). The second-order valence-electron chi connectivity index (χ2n) is 6.72. The summed E-state index contributed by atoms with van der Waals surface area (Å²) in [6, 6.07) is 0.993. The summed E-state index contributed by atoms with van der Waals surface area (Å²) in [5, 5.41) is 5.52. The number of ether oxygens (including phenoxy) is 1. The summed E-state index contributed by atoms with van der Waals surface area (Å²) in [5.74, 6) is -2.50. The van der Waals surface area contributed by atoms with Gasteiger partial charge in [0.1, 0.15) is 5.60 Å². The lowest BCUT2D eigenvalue weighted by Gasteiger charge is -2.24. The topological polar surface area (TPSA) is 88.8 Å². The molecule has 2 amide bonds. The molecular formula is C15H20F3N5O3. The van der Waals surface area contributed by atoms with E-state index in [1.807, 2.05) is 0 Å². The Kier molecular flexibility index (Phi) is 5.57. The van der Waals surface area contributed by atoms with E-state index >= 15 is 0 Å². The van der Waals surface area contributed by atoms with Gasteiger partial charge in [-0.2, -0.15) is 18.3 Å². The van der Waals surface area contributed by atoms with Crippen LogP contribution in [-0.4, -0.2) is 63.5 Å². The normalized spacial score (nSPS) is 18.8. The first-order valence-corrected chi connectivity index (χ1v) is 7.89. The monoisotopic (exact) mass is 375 g/mol. The van der Waals surface area contributed by atoms with Crippen LogP contribution < -0.4 is 5.32 Å². The van der Waals surface area contributed by atoms with Gasteiger partial charge < -0.3 is 9.64 Å². The van der Waals surface area contributed by atoms with Crippen molar-refractivity contribution in [3.63, 3.8) is 0 Å². The van der Waals surface area contributed by atoms with Crippen LogP contribution in [0.25, 0.3) is 0 Å². The van der Waals surface area contributed by atoms with E-state index in [2.05, 4.69) is 10.1 Å². The molecule has 8 nitrogen and oxygen atoms in total. The molecule has 1 aromatic rings. The molecular weight excluding hydrogens is 355 g/mol. The largest absolute Gasteiger partial charge is 0.471 e. The van der Waals surface area contributed by atoms with E-state index < -0.39 is 29.8 Å². The van der Waals surface area contributed by atoms with Crippen molar-refractivity contribution >= 4 is 18.0 Å². The second-order valence-corrected chi connectivity index (χ2v) is 6.72. The lowest BCUT2D eigenvalue weighted by molar-refractivity contribution is -0.171. The van der Waals surface area contributed by atoms with Gasteiger partial charge in [-0.3, -0.25) is 10.1 Å². The van der Waals surface area contributed by atoms with Crippen molar-refractivity contribution in [2.75, 3.05) is 13.1 Å². The summed E-state index contributed by atoms with van der Waals surface area (Å²) in [6.45, 7) is 5.72. The van der Waals surface area contributed by atoms with Crippen molar-refractivity contribution in [1.29, 1.82) is 0 Å². The van der Waals surface area contributed by atoms with Crippen LogP contribution in [0.5, 0.6) is 0 Å². The molecule has 1 aliphatic rings. The smallest absolute Gasteiger partial charge is 0.444 e. The zero-order chi connectivity index (χ0) is 19.5. The van der Waals surface area contributed by atoms with Crippen LogP contribution in [0, 0.1) is 0 Å². The maximum Gasteiger partial charge on any atom is 0.471 e. The Morgan fingerprint density at radius 2 is 2.00 bits per heavy atom. The van der Waals surface area contributed by atoms with Crippen LogP contribution in [0.1, 0.15) is 27.2 Å². The number of likely N-dealkylation sites (tertiary alicyclic amines) is 1. The zero-order valence-corrected chi connectivity index (χ0v) is 14.6. The molecule has 1 aliphatic heterocycles. The van der Waals surface area contributed by atoms with Crippen molar-refractivity contribution in [2.24, 2.45) is 4.99 Å². The third-order valence-corrected chi connectivity index (χ3v) is 3.32. The van der Waals surface area contributed by atoms with Crippen molar-refractivity contribution in [3.05, 3.63) is 18.5 Å². The number of nitrogens with zero attached hydrogens (tertiary/aromatic N) is 4. The van der Waals surface area contributed by atoms with Gasteiger partial charge in [-0.05, 0) is 33.3 Å². The Balaban J connectivity index is 2.10. The number of carbonyl (C=O) groups is 2. The van der Waals surface area contributed by atoms with Gasteiger partial charge in [-0.1, -0.05) is 0 Å². The number of nitrogens with one attached hydrogen (secondary N) is 1. The molecule has 0 spiro atoms. The molecule has 11 heteroatoms. The summed E-state index contributed by atoms with van der Waals surface area (Å²) in [5.41, 5.74) is -0.653. The molecule has 0 saturated carbocycles. The van der Waals surface area contributed by atoms with E-state index in [0.29, 0.717) is 13.0 Å². The Morgan fingerprint density at radius 3 is 2.54 bits per heavy atom. The molecule has 1 aromatic heterocycles. The van der Waals surface area contributed by atoms with Crippen LogP contribution in [0.3, 0.4) is 0 Å². The van der Waals surface area contributed by atoms with E-state index in [4.69, 9.17) is 4.74 Å². The standard InChI is InChI=1S/C15H20F3N5O3/c1-14(2,3)26-13(25)22-8-5-10(9-22)20-12(23-7-4-6-19-23)21-11(24)15(16,17)18/h4,6-7,10H,5,8-9H2,1-3H3,(H,20,21,24)/t10-/m1/s1. The molecule has 1 fully saturated rings. The maximum atomic E-state index is 12.5. The molecule has 0 radical (unpaired) electrons. The van der Waals surface area contributed by atoms with Gasteiger partial charge >= 0.3 is 18.2 Å². The molecule has 0 unspecified atom stereocenters. The average Bonchev–Trinajstić information content (AvgIpc) is 3.15. The highest BCUT2D eigenvalue weighted by Crippen LogP contribution is 2.18. The lowest BCUT2D eigenvalue weighted by atomic mass is 10.2. The summed E-state index contributed by atoms with van der Waals surface area (Å²) in [7, 11) is 0. The van der Waals surface area contributed by atoms with Gasteiger partial charge in [0.25, 0.3) is 0 Å². The number of hydrogen-bond donors (Lipinski definition) is 1. The van der Waals surface area contributed by atoms with Crippen LogP contribution in [0.4, 0.5) is 18.0 Å². The second kappa shape index (κ2) is 7.34. The molecule has 1 saturated heterocycles. The van der Waals surface area contributed by atoms with Gasteiger partial charge in [0.2, 0.25) is 5.96 Å². The summed E-state index contributed by atoms with van der Waals surface area (Å²) < 4.78 is 43.9. The summed E-state index contributed by atoms with van der Waals surface area (Å²) in [4.78, 5) is 28.8. The van der Waals surface area contributed by atoms with Gasteiger partial charge in [0.15, 0.2) is 0 Å². The Labute approximate surface area is 148 Å². The predicted molar refractivity (Wildman–Crippen MR) is 85.5 cm³/mol. The van der Waals surface area contributed by atoms with E-state index in [1.165, 1.54) is 23.4 Å². The minimum absolute atomic E-state index is 0.168. The minimum atomic E-state index is -5.05. The highest BCUT2D eigenvalue weighted by atomic mass is 19.4. The van der Waals surface area contributed by atoms with Crippen molar-refractivity contribution < 1.29 is 27.5 Å². The number of alkyl halides is 3. The predicted octanol–water partition coefficient (Wildman–Crippen LogP) is 1.78. The first-order chi connectivity index (χ1) is 12.0. The third kappa shape index (κ3) is 5.46. The highest BCUT2D eigenvalue weighted by Gasteiger charge is 2.40. The summed E-state index contributed by atoms with van der Waals surface area (Å²) >= 11 is 0. The quantitative estimate of drug-likeness (QED) is 0.599. The number of amides is 2. The number of hydrogen-bond acceptors (Lipinski definition) is 5. The molecule has 144 valence electrons. The highest BCUT2D eigenvalue weighted by molar-refractivity contribution is 6.00. The molecule has 0 bridgehead atoms. The van der Waals surface area contributed by atoms with Crippen molar-refractivity contribution in [2.45, 2.75) is 45.0 Å². The lowest BCUT2D eigenvalue weighted by Crippen LogP contribution is -2.44. The maximum absolute atomic E-state index is 12.5. The fourth-order valence-corrected chi connectivity index (χ4v) is 2.23. The van der Waals surface area contributed by atoms with Gasteiger partial charge in [0.05, 0.1) is 6.04 Å². The van der Waals surface area contributed by atoms with Crippen molar-refractivity contribution in [1.82, 2.24) is 20.0 Å². The van der Waals surface area contributed by atoms with Gasteiger partial charge in [-0.15, -0.1) is 0 Å². The first-order valence-electron chi connectivity index (χ1n) is 7.89. The number of aliphatic imine (C=N–C) groups is 1. The molecule has 26 heavy (non-hydrogen) atoms. The number of aromatic nitrogens is 2. The fraction of sp³-hybridized carbons (Fsp3) is 0.600. The summed E-state index contributed by atoms with van der Waals surface area (Å²) in [6.07, 6.45) is -2.44. The van der Waals surface area contributed by atoms with E-state index in [9.17, 15) is 22.8 Å². The Morgan fingerprint density at radius 1 is 1.31 bits per heavy atom. The van der Waals surface area contributed by atoms with Crippen molar-refractivity contribution in [3.8, 4) is 0 Å². The van der Waals surface area contributed by atoms with E-state index in [-0.39, 0.29) is 12.5 Å². The molecule has 2 heterocycles. The molecule has 0 aromatic carbocycles. The van der Waals surface area contributed by atoms with E-state index in [0.717, 1.165) is 4.68 Å². The minimum Gasteiger partial charge on any atom is -0.444 e.